The molecule has 0 amide bonds. The number of carboxylic acid groups (broad SMARTS) is 1. The molecule has 0 atom stereocenters. The Hall–Kier alpha value is -2.75. The highest BCUT2D eigenvalue weighted by Crippen LogP contribution is 2.36. The first kappa shape index (κ1) is 14.2. The summed E-state index contributed by atoms with van der Waals surface area (Å²) < 4.78 is 7.28. The Balaban J connectivity index is 2.37. The van der Waals surface area contributed by atoms with Crippen molar-refractivity contribution in [1.82, 2.24) is 4.57 Å². The van der Waals surface area contributed by atoms with Gasteiger partial charge in [0.15, 0.2) is 0 Å². The lowest BCUT2D eigenvalue weighted by atomic mass is 10.0. The van der Waals surface area contributed by atoms with Crippen LogP contribution < -0.4 is 4.74 Å². The highest BCUT2D eigenvalue weighted by Gasteiger charge is 2.22. The number of fused-ring (bicyclic) bond motifs is 1. The van der Waals surface area contributed by atoms with Crippen molar-refractivity contribution < 1.29 is 14.6 Å². The third kappa shape index (κ3) is 2.22. The first-order valence-corrected chi connectivity index (χ1v) is 7.17. The van der Waals surface area contributed by atoms with Crippen LogP contribution in [0.5, 0.6) is 5.75 Å². The average molecular weight is 295 g/mol. The average Bonchev–Trinajstić information content (AvgIpc) is 2.81. The fraction of sp³-hybridized carbons (Fsp3) is 0.167. The SMILES string of the molecule is CCOc1ccc2c(c1)c(-c1ccccc1)c(C(=O)O)n2C. The molecule has 1 heterocycles. The van der Waals surface area contributed by atoms with Crippen LogP contribution in [0.2, 0.25) is 0 Å². The molecule has 2 aromatic carbocycles. The Labute approximate surface area is 128 Å². The van der Waals surface area contributed by atoms with E-state index in [9.17, 15) is 9.90 Å². The van der Waals surface area contributed by atoms with E-state index in [1.807, 2.05) is 55.5 Å². The van der Waals surface area contributed by atoms with Crippen molar-refractivity contribution in [3.63, 3.8) is 0 Å². The van der Waals surface area contributed by atoms with E-state index in [2.05, 4.69) is 0 Å². The van der Waals surface area contributed by atoms with Crippen LogP contribution >= 0.6 is 0 Å². The topological polar surface area (TPSA) is 51.5 Å². The monoisotopic (exact) mass is 295 g/mol. The molecule has 0 bridgehead atoms. The van der Waals surface area contributed by atoms with E-state index in [1.165, 1.54) is 0 Å². The highest BCUT2D eigenvalue weighted by molar-refractivity contribution is 6.08. The zero-order valence-electron chi connectivity index (χ0n) is 12.5. The van der Waals surface area contributed by atoms with Gasteiger partial charge in [-0.05, 0) is 30.7 Å². The second kappa shape index (κ2) is 5.56. The van der Waals surface area contributed by atoms with Gasteiger partial charge in [-0.3, -0.25) is 0 Å². The maximum absolute atomic E-state index is 11.7. The van der Waals surface area contributed by atoms with Gasteiger partial charge in [-0.15, -0.1) is 0 Å². The molecular weight excluding hydrogens is 278 g/mol. The van der Waals surface area contributed by atoms with Crippen molar-refractivity contribution in [2.75, 3.05) is 6.61 Å². The van der Waals surface area contributed by atoms with E-state index in [0.29, 0.717) is 6.61 Å². The number of ether oxygens (including phenoxy) is 1. The molecule has 0 unspecified atom stereocenters. The number of aromatic carboxylic acids is 1. The third-order valence-electron chi connectivity index (χ3n) is 3.75. The predicted octanol–water partition coefficient (Wildman–Crippen LogP) is 3.94. The minimum atomic E-state index is -0.935. The minimum Gasteiger partial charge on any atom is -0.494 e. The number of rotatable bonds is 4. The van der Waals surface area contributed by atoms with Crippen LogP contribution in [0.3, 0.4) is 0 Å². The smallest absolute Gasteiger partial charge is 0.353 e. The van der Waals surface area contributed by atoms with Crippen molar-refractivity contribution in [3.05, 3.63) is 54.2 Å². The predicted molar refractivity (Wildman–Crippen MR) is 86.5 cm³/mol. The molecule has 112 valence electrons. The number of carbonyl (C=O) groups is 1. The van der Waals surface area contributed by atoms with Gasteiger partial charge in [-0.2, -0.15) is 0 Å². The van der Waals surface area contributed by atoms with Gasteiger partial charge in [0.2, 0.25) is 0 Å². The van der Waals surface area contributed by atoms with E-state index in [4.69, 9.17) is 4.74 Å². The van der Waals surface area contributed by atoms with E-state index in [-0.39, 0.29) is 5.69 Å². The van der Waals surface area contributed by atoms with Crippen LogP contribution in [0.4, 0.5) is 0 Å². The van der Waals surface area contributed by atoms with E-state index in [0.717, 1.165) is 27.8 Å². The molecule has 0 saturated heterocycles. The quantitative estimate of drug-likeness (QED) is 0.793. The second-order valence-corrected chi connectivity index (χ2v) is 5.07. The van der Waals surface area contributed by atoms with Crippen LogP contribution in [-0.2, 0) is 7.05 Å². The molecule has 1 N–H and O–H groups in total. The lowest BCUT2D eigenvalue weighted by Crippen LogP contribution is -2.05. The second-order valence-electron chi connectivity index (χ2n) is 5.07. The van der Waals surface area contributed by atoms with Crippen LogP contribution in [-0.4, -0.2) is 22.2 Å². The summed E-state index contributed by atoms with van der Waals surface area (Å²) in [6, 6.07) is 15.3. The number of nitrogens with zero attached hydrogens (tertiary/aromatic N) is 1. The molecule has 1 aromatic heterocycles. The first-order chi connectivity index (χ1) is 10.6. The van der Waals surface area contributed by atoms with Gasteiger partial charge in [0.05, 0.1) is 6.61 Å². The number of aryl methyl sites for hydroxylation is 1. The molecule has 0 aliphatic rings. The molecule has 3 aromatic rings. The van der Waals surface area contributed by atoms with Crippen molar-refractivity contribution >= 4 is 16.9 Å². The van der Waals surface area contributed by atoms with E-state index >= 15 is 0 Å². The van der Waals surface area contributed by atoms with E-state index in [1.54, 1.807) is 11.6 Å². The Morgan fingerprint density at radius 1 is 1.18 bits per heavy atom. The fourth-order valence-electron chi connectivity index (χ4n) is 2.83. The van der Waals surface area contributed by atoms with Gasteiger partial charge in [0, 0.05) is 23.5 Å². The number of aromatic nitrogens is 1. The number of hydrogen-bond donors (Lipinski definition) is 1. The molecular formula is C18H17NO3. The molecule has 0 radical (unpaired) electrons. The molecule has 0 aliphatic carbocycles. The van der Waals surface area contributed by atoms with E-state index < -0.39 is 5.97 Å². The summed E-state index contributed by atoms with van der Waals surface area (Å²) in [4.78, 5) is 11.7. The van der Waals surface area contributed by atoms with Crippen LogP contribution in [0, 0.1) is 0 Å². The van der Waals surface area contributed by atoms with Crippen molar-refractivity contribution in [2.45, 2.75) is 6.92 Å². The van der Waals surface area contributed by atoms with Gasteiger partial charge in [0.1, 0.15) is 11.4 Å². The van der Waals surface area contributed by atoms with Gasteiger partial charge in [0.25, 0.3) is 0 Å². The Morgan fingerprint density at radius 2 is 1.91 bits per heavy atom. The summed E-state index contributed by atoms with van der Waals surface area (Å²) in [5, 5.41) is 10.5. The number of carboxylic acids is 1. The van der Waals surface area contributed by atoms with Crippen LogP contribution in [0.15, 0.2) is 48.5 Å². The van der Waals surface area contributed by atoms with Crippen LogP contribution in [0.1, 0.15) is 17.4 Å². The Bertz CT molecular complexity index is 834. The maximum atomic E-state index is 11.7. The zero-order valence-corrected chi connectivity index (χ0v) is 12.5. The molecule has 0 saturated carbocycles. The summed E-state index contributed by atoms with van der Waals surface area (Å²) in [6.45, 7) is 2.50. The molecule has 22 heavy (non-hydrogen) atoms. The maximum Gasteiger partial charge on any atom is 0.353 e. The molecule has 0 aliphatic heterocycles. The first-order valence-electron chi connectivity index (χ1n) is 7.17. The summed E-state index contributed by atoms with van der Waals surface area (Å²) in [7, 11) is 1.78. The Morgan fingerprint density at radius 3 is 2.55 bits per heavy atom. The van der Waals surface area contributed by atoms with Gasteiger partial charge >= 0.3 is 5.97 Å². The van der Waals surface area contributed by atoms with Crippen molar-refractivity contribution in [3.8, 4) is 16.9 Å². The van der Waals surface area contributed by atoms with Crippen LogP contribution in [0.25, 0.3) is 22.0 Å². The fourth-order valence-corrected chi connectivity index (χ4v) is 2.83. The van der Waals surface area contributed by atoms with Crippen molar-refractivity contribution in [2.24, 2.45) is 7.05 Å². The summed E-state index contributed by atoms with van der Waals surface area (Å²) in [5.41, 5.74) is 2.78. The third-order valence-corrected chi connectivity index (χ3v) is 3.75. The number of benzene rings is 2. The molecule has 0 fully saturated rings. The standard InChI is InChI=1S/C18H17NO3/c1-3-22-13-9-10-15-14(11-13)16(12-7-5-4-6-8-12)17(18(20)21)19(15)2/h4-11H,3H2,1-2H3,(H,20,21). The Kier molecular flexibility index (Phi) is 3.59. The summed E-state index contributed by atoms with van der Waals surface area (Å²) in [6.07, 6.45) is 0. The highest BCUT2D eigenvalue weighted by atomic mass is 16.5. The van der Waals surface area contributed by atoms with Gasteiger partial charge < -0.3 is 14.4 Å². The zero-order chi connectivity index (χ0) is 15.7. The van der Waals surface area contributed by atoms with Crippen molar-refractivity contribution in [1.29, 1.82) is 0 Å². The molecule has 3 rings (SSSR count). The van der Waals surface area contributed by atoms with Gasteiger partial charge in [-0.1, -0.05) is 30.3 Å². The molecule has 0 spiro atoms. The normalized spacial score (nSPS) is 10.8. The van der Waals surface area contributed by atoms with Gasteiger partial charge in [-0.25, -0.2) is 4.79 Å². The summed E-state index contributed by atoms with van der Waals surface area (Å²) >= 11 is 0. The molecule has 4 nitrogen and oxygen atoms in total. The lowest BCUT2D eigenvalue weighted by Gasteiger charge is -2.05. The molecule has 4 heteroatoms. The largest absolute Gasteiger partial charge is 0.494 e. The minimum absolute atomic E-state index is 0.287. The lowest BCUT2D eigenvalue weighted by molar-refractivity contribution is 0.0688. The summed E-state index contributed by atoms with van der Waals surface area (Å²) in [5.74, 6) is -0.190. The number of hydrogen-bond acceptors (Lipinski definition) is 2.